The predicted molar refractivity (Wildman–Crippen MR) is 88.6 cm³/mol. The first-order valence-corrected chi connectivity index (χ1v) is 8.95. The number of anilines is 1. The van der Waals surface area contributed by atoms with E-state index in [-0.39, 0.29) is 6.61 Å². The zero-order valence-corrected chi connectivity index (χ0v) is 14.2. The molecule has 2 aliphatic heterocycles. The lowest BCUT2D eigenvalue weighted by molar-refractivity contribution is 0.0745. The Kier molecular flexibility index (Phi) is 5.85. The first-order valence-electron chi connectivity index (χ1n) is 8.95. The maximum atomic E-state index is 9.03. The molecule has 0 radical (unpaired) electrons. The van der Waals surface area contributed by atoms with Gasteiger partial charge in [-0.05, 0) is 24.4 Å². The highest BCUT2D eigenvalue weighted by Gasteiger charge is 2.28. The molecule has 2 fully saturated rings. The minimum absolute atomic E-state index is 0.267. The monoisotopic (exact) mass is 323 g/mol. The Morgan fingerprint density at radius 2 is 1.87 bits per heavy atom. The van der Waals surface area contributed by atoms with Crippen molar-refractivity contribution in [3.05, 3.63) is 5.89 Å². The van der Waals surface area contributed by atoms with Gasteiger partial charge in [0, 0.05) is 58.3 Å². The Labute approximate surface area is 138 Å². The molecule has 3 rings (SSSR count). The van der Waals surface area contributed by atoms with Gasteiger partial charge in [-0.1, -0.05) is 6.92 Å². The predicted octanol–water partition coefficient (Wildman–Crippen LogP) is 0.601. The number of piperazine rings is 1. The summed E-state index contributed by atoms with van der Waals surface area (Å²) >= 11 is 0. The molecule has 0 bridgehead atoms. The van der Waals surface area contributed by atoms with Crippen molar-refractivity contribution in [3.63, 3.8) is 0 Å². The smallest absolute Gasteiger partial charge is 0.266 e. The van der Waals surface area contributed by atoms with Crippen LogP contribution >= 0.6 is 0 Å². The van der Waals surface area contributed by atoms with E-state index in [0.29, 0.717) is 6.04 Å². The van der Waals surface area contributed by atoms with Crippen molar-refractivity contribution in [2.24, 2.45) is 0 Å². The molecule has 0 aromatic carbocycles. The quantitative estimate of drug-likeness (QED) is 0.822. The van der Waals surface area contributed by atoms with Crippen LogP contribution in [0.3, 0.4) is 0 Å². The largest absolute Gasteiger partial charge is 0.395 e. The molecule has 7 heteroatoms. The summed E-state index contributed by atoms with van der Waals surface area (Å²) in [6, 6.07) is 0.671. The maximum absolute atomic E-state index is 9.03. The minimum Gasteiger partial charge on any atom is -0.395 e. The molecule has 0 amide bonds. The number of hydrogen-bond acceptors (Lipinski definition) is 7. The van der Waals surface area contributed by atoms with Crippen LogP contribution in [0.4, 0.5) is 5.95 Å². The maximum Gasteiger partial charge on any atom is 0.266 e. The summed E-state index contributed by atoms with van der Waals surface area (Å²) in [6.45, 7) is 9.60. The summed E-state index contributed by atoms with van der Waals surface area (Å²) in [5, 5.41) is 13.1. The molecule has 0 unspecified atom stereocenters. The highest BCUT2D eigenvalue weighted by atomic mass is 16.5. The van der Waals surface area contributed by atoms with Crippen LogP contribution in [-0.4, -0.2) is 83.5 Å². The molecule has 3 heterocycles. The zero-order valence-electron chi connectivity index (χ0n) is 14.2. The Hall–Kier alpha value is -1.18. The van der Waals surface area contributed by atoms with Crippen molar-refractivity contribution in [2.45, 2.75) is 38.6 Å². The van der Waals surface area contributed by atoms with Crippen LogP contribution in [0.15, 0.2) is 4.52 Å². The van der Waals surface area contributed by atoms with E-state index < -0.39 is 0 Å². The van der Waals surface area contributed by atoms with Gasteiger partial charge in [-0.15, -0.1) is 0 Å². The van der Waals surface area contributed by atoms with E-state index in [1.807, 2.05) is 0 Å². The van der Waals surface area contributed by atoms with Gasteiger partial charge in [-0.3, -0.25) is 9.80 Å². The molecule has 1 N–H and O–H groups in total. The van der Waals surface area contributed by atoms with Crippen molar-refractivity contribution in [3.8, 4) is 0 Å². The summed E-state index contributed by atoms with van der Waals surface area (Å²) in [7, 11) is 0. The summed E-state index contributed by atoms with van der Waals surface area (Å²) in [6.07, 6.45) is 4.23. The lowest BCUT2D eigenvalue weighted by Gasteiger charge is -2.42. The van der Waals surface area contributed by atoms with Crippen LogP contribution in [0.5, 0.6) is 0 Å². The second-order valence-electron chi connectivity index (χ2n) is 6.56. The van der Waals surface area contributed by atoms with Gasteiger partial charge in [0.05, 0.1) is 6.61 Å². The Bertz CT molecular complexity index is 465. The standard InChI is InChI=1S/C16H29N5O2/c1-2-3-15-17-16(18-23-15)21-6-4-14(5-7-21)20-10-8-19(9-11-20)12-13-22/h14,22H,2-13H2,1H3. The third kappa shape index (κ3) is 4.22. The molecular formula is C16H29N5O2. The number of rotatable bonds is 6. The van der Waals surface area contributed by atoms with Gasteiger partial charge >= 0.3 is 0 Å². The average Bonchev–Trinajstić information content (AvgIpc) is 3.05. The summed E-state index contributed by atoms with van der Waals surface area (Å²) < 4.78 is 5.30. The van der Waals surface area contributed by atoms with E-state index in [0.717, 1.165) is 83.3 Å². The lowest BCUT2D eigenvalue weighted by Crippen LogP contribution is -2.53. The van der Waals surface area contributed by atoms with E-state index >= 15 is 0 Å². The summed E-state index contributed by atoms with van der Waals surface area (Å²) in [4.78, 5) is 11.7. The van der Waals surface area contributed by atoms with Crippen LogP contribution in [0, 0.1) is 0 Å². The number of aromatic nitrogens is 2. The molecule has 7 nitrogen and oxygen atoms in total. The first kappa shape index (κ1) is 16.7. The Morgan fingerprint density at radius 3 is 2.52 bits per heavy atom. The average molecular weight is 323 g/mol. The molecule has 1 aromatic rings. The minimum atomic E-state index is 0.267. The second kappa shape index (κ2) is 8.08. The van der Waals surface area contributed by atoms with Crippen LogP contribution in [0.2, 0.25) is 0 Å². The van der Waals surface area contributed by atoms with Gasteiger partial charge in [0.25, 0.3) is 5.95 Å². The van der Waals surface area contributed by atoms with E-state index in [1.165, 1.54) is 0 Å². The van der Waals surface area contributed by atoms with E-state index in [2.05, 4.69) is 31.8 Å². The van der Waals surface area contributed by atoms with Gasteiger partial charge in [0.1, 0.15) is 0 Å². The topological polar surface area (TPSA) is 68.9 Å². The fourth-order valence-corrected chi connectivity index (χ4v) is 3.61. The number of aliphatic hydroxyl groups excluding tert-OH is 1. The molecule has 23 heavy (non-hydrogen) atoms. The highest BCUT2D eigenvalue weighted by Crippen LogP contribution is 2.21. The number of β-amino-alcohol motifs (C(OH)–C–C–N with tert-alkyl or cyclic N) is 1. The molecule has 0 aliphatic carbocycles. The normalized spacial score (nSPS) is 21.9. The molecule has 0 saturated carbocycles. The van der Waals surface area contributed by atoms with Crippen molar-refractivity contribution in [1.29, 1.82) is 0 Å². The molecule has 1 aromatic heterocycles. The van der Waals surface area contributed by atoms with Crippen molar-refractivity contribution in [1.82, 2.24) is 19.9 Å². The van der Waals surface area contributed by atoms with Crippen LogP contribution < -0.4 is 4.90 Å². The molecule has 2 saturated heterocycles. The summed E-state index contributed by atoms with van der Waals surface area (Å²) in [5.41, 5.74) is 0. The first-order chi connectivity index (χ1) is 11.3. The third-order valence-electron chi connectivity index (χ3n) is 5.01. The van der Waals surface area contributed by atoms with Gasteiger partial charge in [-0.25, -0.2) is 0 Å². The van der Waals surface area contributed by atoms with E-state index in [1.54, 1.807) is 0 Å². The van der Waals surface area contributed by atoms with Crippen LogP contribution in [-0.2, 0) is 6.42 Å². The van der Waals surface area contributed by atoms with Crippen molar-refractivity contribution in [2.75, 3.05) is 57.3 Å². The fraction of sp³-hybridized carbons (Fsp3) is 0.875. The molecular weight excluding hydrogens is 294 g/mol. The number of hydrogen-bond donors (Lipinski definition) is 1. The second-order valence-corrected chi connectivity index (χ2v) is 6.56. The number of piperidine rings is 1. The van der Waals surface area contributed by atoms with E-state index in [9.17, 15) is 0 Å². The Morgan fingerprint density at radius 1 is 1.13 bits per heavy atom. The molecule has 2 aliphatic rings. The van der Waals surface area contributed by atoms with Gasteiger partial charge in [0.15, 0.2) is 0 Å². The van der Waals surface area contributed by atoms with Crippen molar-refractivity contribution < 1.29 is 9.63 Å². The molecule has 0 atom stereocenters. The fourth-order valence-electron chi connectivity index (χ4n) is 3.61. The van der Waals surface area contributed by atoms with Crippen molar-refractivity contribution >= 4 is 5.95 Å². The van der Waals surface area contributed by atoms with E-state index in [4.69, 9.17) is 9.63 Å². The summed E-state index contributed by atoms with van der Waals surface area (Å²) in [5.74, 6) is 1.52. The molecule has 130 valence electrons. The van der Waals surface area contributed by atoms with Crippen LogP contribution in [0.1, 0.15) is 32.1 Å². The number of nitrogens with zero attached hydrogens (tertiary/aromatic N) is 5. The Balaban J connectivity index is 1.45. The third-order valence-corrected chi connectivity index (χ3v) is 5.01. The van der Waals surface area contributed by atoms with Gasteiger partial charge < -0.3 is 14.5 Å². The number of aliphatic hydroxyl groups is 1. The zero-order chi connectivity index (χ0) is 16.1. The van der Waals surface area contributed by atoms with Gasteiger partial charge in [-0.2, -0.15) is 4.98 Å². The van der Waals surface area contributed by atoms with Gasteiger partial charge in [0.2, 0.25) is 5.89 Å². The lowest BCUT2D eigenvalue weighted by atomic mass is 10.0. The SMILES string of the molecule is CCCc1nc(N2CCC(N3CCN(CCO)CC3)CC2)no1. The van der Waals surface area contributed by atoms with Crippen LogP contribution in [0.25, 0.3) is 0 Å². The highest BCUT2D eigenvalue weighted by molar-refractivity contribution is 5.28. The molecule has 0 spiro atoms. The number of aryl methyl sites for hydroxylation is 1.